The minimum absolute atomic E-state index is 0.184. The number of aryl methyl sites for hydroxylation is 1. The lowest BCUT2D eigenvalue weighted by atomic mass is 10.1. The van der Waals surface area contributed by atoms with Crippen LogP contribution in [-0.2, 0) is 19.0 Å². The fourth-order valence-corrected chi connectivity index (χ4v) is 3.47. The highest BCUT2D eigenvalue weighted by Crippen LogP contribution is 2.24. The molecule has 166 valence electrons. The lowest BCUT2D eigenvalue weighted by Gasteiger charge is -2.28. The van der Waals surface area contributed by atoms with Gasteiger partial charge in [0.15, 0.2) is 6.10 Å². The number of carbonyl (C=O) groups excluding carboxylic acids is 4. The Balaban J connectivity index is 2.11. The van der Waals surface area contributed by atoms with Gasteiger partial charge < -0.3 is 19.2 Å². The molecular formula is C21H30N2O7. The average molecular weight is 422 g/mol. The summed E-state index contributed by atoms with van der Waals surface area (Å²) in [5, 5.41) is 0. The number of carbonyl (C=O) groups is 4. The van der Waals surface area contributed by atoms with Gasteiger partial charge in [-0.15, -0.1) is 0 Å². The van der Waals surface area contributed by atoms with Crippen molar-refractivity contribution in [3.05, 3.63) is 22.5 Å². The molecule has 1 fully saturated rings. The van der Waals surface area contributed by atoms with Crippen molar-refractivity contribution < 1.29 is 33.4 Å². The van der Waals surface area contributed by atoms with Crippen molar-refractivity contribution in [2.75, 3.05) is 13.7 Å². The number of Topliss-reactive ketones (excluding diaryl/α,β-unsaturated/α-hetero) is 1. The molecule has 0 aliphatic carbocycles. The van der Waals surface area contributed by atoms with E-state index in [0.29, 0.717) is 30.6 Å². The molecule has 2 rings (SSSR count). The molecule has 1 amide bonds. The first kappa shape index (κ1) is 23.4. The fourth-order valence-electron chi connectivity index (χ4n) is 3.47. The van der Waals surface area contributed by atoms with Crippen molar-refractivity contribution in [2.24, 2.45) is 0 Å². The summed E-state index contributed by atoms with van der Waals surface area (Å²) in [6.45, 7) is 10.4. The van der Waals surface area contributed by atoms with Gasteiger partial charge in [0.2, 0.25) is 5.78 Å². The SMILES string of the molecule is COC(=O)c1c(C)[nH]c(C(=O)[C@@H](C)OC(=O)[C@H]2CCCN2C(=O)OC(C)(C)C)c1C. The Kier molecular flexibility index (Phi) is 6.95. The normalized spacial score (nSPS) is 17.4. The van der Waals surface area contributed by atoms with Gasteiger partial charge in [-0.3, -0.25) is 9.69 Å². The Morgan fingerprint density at radius 2 is 1.80 bits per heavy atom. The maximum absolute atomic E-state index is 12.8. The van der Waals surface area contributed by atoms with Gasteiger partial charge in [0.05, 0.1) is 18.4 Å². The third-order valence-corrected chi connectivity index (χ3v) is 4.89. The van der Waals surface area contributed by atoms with Crippen LogP contribution in [0.3, 0.4) is 0 Å². The van der Waals surface area contributed by atoms with E-state index in [1.807, 2.05) is 0 Å². The number of aromatic nitrogens is 1. The maximum Gasteiger partial charge on any atom is 0.411 e. The molecule has 9 nitrogen and oxygen atoms in total. The molecule has 9 heteroatoms. The smallest absolute Gasteiger partial charge is 0.411 e. The van der Waals surface area contributed by atoms with Crippen molar-refractivity contribution in [3.8, 4) is 0 Å². The number of hydrogen-bond donors (Lipinski definition) is 1. The third kappa shape index (κ3) is 5.01. The Bertz CT molecular complexity index is 850. The van der Waals surface area contributed by atoms with Crippen molar-refractivity contribution >= 4 is 23.8 Å². The van der Waals surface area contributed by atoms with E-state index in [4.69, 9.17) is 14.2 Å². The zero-order chi connectivity index (χ0) is 22.8. The number of methoxy groups -OCH3 is 1. The first-order valence-electron chi connectivity index (χ1n) is 9.89. The molecule has 0 bridgehead atoms. The summed E-state index contributed by atoms with van der Waals surface area (Å²) in [4.78, 5) is 54.0. The molecule has 0 spiro atoms. The van der Waals surface area contributed by atoms with Gasteiger partial charge in [0.1, 0.15) is 11.6 Å². The Morgan fingerprint density at radius 3 is 2.37 bits per heavy atom. The summed E-state index contributed by atoms with van der Waals surface area (Å²) in [7, 11) is 1.26. The number of ether oxygens (including phenoxy) is 3. The van der Waals surface area contributed by atoms with E-state index in [1.54, 1.807) is 34.6 Å². The van der Waals surface area contributed by atoms with E-state index in [0.717, 1.165) is 0 Å². The lowest BCUT2D eigenvalue weighted by Crippen LogP contribution is -2.45. The van der Waals surface area contributed by atoms with Gasteiger partial charge >= 0.3 is 18.0 Å². The molecule has 1 saturated heterocycles. The third-order valence-electron chi connectivity index (χ3n) is 4.89. The zero-order valence-corrected chi connectivity index (χ0v) is 18.6. The van der Waals surface area contributed by atoms with Crippen LogP contribution in [0.15, 0.2) is 0 Å². The van der Waals surface area contributed by atoms with Crippen LogP contribution >= 0.6 is 0 Å². The molecule has 0 radical (unpaired) electrons. The number of amides is 1. The minimum Gasteiger partial charge on any atom is -0.465 e. The molecule has 0 saturated carbocycles. The first-order chi connectivity index (χ1) is 13.9. The molecule has 1 aromatic rings. The van der Waals surface area contributed by atoms with Crippen LogP contribution in [0.25, 0.3) is 0 Å². The van der Waals surface area contributed by atoms with Gasteiger partial charge in [0.25, 0.3) is 0 Å². The fraction of sp³-hybridized carbons (Fsp3) is 0.619. The molecule has 1 aliphatic rings. The summed E-state index contributed by atoms with van der Waals surface area (Å²) >= 11 is 0. The first-order valence-corrected chi connectivity index (χ1v) is 9.89. The summed E-state index contributed by atoms with van der Waals surface area (Å²) in [6, 6.07) is -0.799. The van der Waals surface area contributed by atoms with Gasteiger partial charge in [0, 0.05) is 12.2 Å². The summed E-state index contributed by atoms with van der Waals surface area (Å²) in [5.41, 5.74) is 0.712. The molecule has 1 aromatic heterocycles. The molecule has 30 heavy (non-hydrogen) atoms. The maximum atomic E-state index is 12.8. The van der Waals surface area contributed by atoms with Crippen molar-refractivity contribution in [1.82, 2.24) is 9.88 Å². The number of H-pyrrole nitrogens is 1. The quantitative estimate of drug-likeness (QED) is 0.441. The van der Waals surface area contributed by atoms with E-state index in [9.17, 15) is 19.2 Å². The topological polar surface area (TPSA) is 115 Å². The van der Waals surface area contributed by atoms with Crippen LogP contribution in [0.2, 0.25) is 0 Å². The highest BCUT2D eigenvalue weighted by molar-refractivity contribution is 6.04. The van der Waals surface area contributed by atoms with Crippen LogP contribution in [0.1, 0.15) is 72.6 Å². The summed E-state index contributed by atoms with van der Waals surface area (Å²) in [6.07, 6.45) is -0.606. The van der Waals surface area contributed by atoms with Crippen LogP contribution < -0.4 is 0 Å². The predicted molar refractivity (Wildman–Crippen MR) is 107 cm³/mol. The van der Waals surface area contributed by atoms with Gasteiger partial charge in [-0.1, -0.05) is 0 Å². The number of esters is 2. The van der Waals surface area contributed by atoms with Crippen LogP contribution in [0, 0.1) is 13.8 Å². The number of likely N-dealkylation sites (tertiary alicyclic amines) is 1. The molecule has 0 unspecified atom stereocenters. The van der Waals surface area contributed by atoms with E-state index in [2.05, 4.69) is 4.98 Å². The molecule has 0 aromatic carbocycles. The van der Waals surface area contributed by atoms with Gasteiger partial charge in [-0.2, -0.15) is 0 Å². The number of ketones is 1. The van der Waals surface area contributed by atoms with Crippen LogP contribution in [0.4, 0.5) is 4.79 Å². The summed E-state index contributed by atoms with van der Waals surface area (Å²) in [5.74, 6) is -1.68. The summed E-state index contributed by atoms with van der Waals surface area (Å²) < 4.78 is 15.5. The highest BCUT2D eigenvalue weighted by atomic mass is 16.6. The van der Waals surface area contributed by atoms with E-state index in [-0.39, 0.29) is 11.3 Å². The van der Waals surface area contributed by atoms with Gasteiger partial charge in [-0.25, -0.2) is 14.4 Å². The van der Waals surface area contributed by atoms with Crippen molar-refractivity contribution in [1.29, 1.82) is 0 Å². The number of nitrogens with zero attached hydrogens (tertiary/aromatic N) is 1. The van der Waals surface area contributed by atoms with E-state index in [1.165, 1.54) is 18.9 Å². The number of rotatable bonds is 5. The second-order valence-corrected chi connectivity index (χ2v) is 8.39. The molecular weight excluding hydrogens is 392 g/mol. The second kappa shape index (κ2) is 8.89. The van der Waals surface area contributed by atoms with Crippen LogP contribution in [-0.4, -0.2) is 65.1 Å². The van der Waals surface area contributed by atoms with Gasteiger partial charge in [-0.05, 0) is 59.9 Å². The zero-order valence-electron chi connectivity index (χ0n) is 18.6. The monoisotopic (exact) mass is 422 g/mol. The Morgan fingerprint density at radius 1 is 1.17 bits per heavy atom. The minimum atomic E-state index is -1.10. The standard InChI is InChI=1S/C21H30N2O7/c1-11-15(19(26)28-7)12(2)22-16(11)17(24)13(3)29-18(25)14-9-8-10-23(14)20(27)30-21(4,5)6/h13-14,22H,8-10H2,1-7H3/t13-,14-/m1/s1. The Hall–Kier alpha value is -2.84. The number of nitrogens with one attached hydrogen (secondary N) is 1. The average Bonchev–Trinajstić information content (AvgIpc) is 3.24. The molecule has 1 N–H and O–H groups in total. The Labute approximate surface area is 176 Å². The number of hydrogen-bond acceptors (Lipinski definition) is 7. The predicted octanol–water partition coefficient (Wildman–Crippen LogP) is 2.93. The lowest BCUT2D eigenvalue weighted by molar-refractivity contribution is -0.151. The van der Waals surface area contributed by atoms with E-state index >= 15 is 0 Å². The van der Waals surface area contributed by atoms with Crippen molar-refractivity contribution in [2.45, 2.75) is 72.1 Å². The second-order valence-electron chi connectivity index (χ2n) is 8.39. The van der Waals surface area contributed by atoms with Crippen LogP contribution in [0.5, 0.6) is 0 Å². The highest BCUT2D eigenvalue weighted by Gasteiger charge is 2.39. The molecule has 1 aliphatic heterocycles. The molecule has 2 atom stereocenters. The number of aromatic amines is 1. The largest absolute Gasteiger partial charge is 0.465 e. The van der Waals surface area contributed by atoms with Crippen molar-refractivity contribution in [3.63, 3.8) is 0 Å². The van der Waals surface area contributed by atoms with E-state index < -0.39 is 41.6 Å². The molecule has 2 heterocycles.